The maximum atomic E-state index is 13.5. The van der Waals surface area contributed by atoms with Crippen molar-refractivity contribution in [1.29, 1.82) is 0 Å². The number of amides is 2. The number of hydrogen-bond donors (Lipinski definition) is 1. The molecule has 2 amide bonds. The van der Waals surface area contributed by atoms with Gasteiger partial charge in [-0.1, -0.05) is 12.2 Å². The number of nitrogens with one attached hydrogen (secondary N) is 1. The average Bonchev–Trinajstić information content (AvgIpc) is 3.51. The van der Waals surface area contributed by atoms with Crippen LogP contribution in [0, 0.1) is 11.8 Å². The summed E-state index contributed by atoms with van der Waals surface area (Å²) in [6, 6.07) is 10.6. The molecule has 1 spiro atoms. The van der Waals surface area contributed by atoms with E-state index in [9.17, 15) is 9.59 Å². The van der Waals surface area contributed by atoms with Crippen LogP contribution in [-0.4, -0.2) is 58.5 Å². The summed E-state index contributed by atoms with van der Waals surface area (Å²) in [5, 5.41) is 2.91. The maximum Gasteiger partial charge on any atom is 0.234 e. The Morgan fingerprint density at radius 3 is 2.29 bits per heavy atom. The molecule has 2 fully saturated rings. The minimum Gasteiger partial charge on any atom is -0.497 e. The first-order valence-electron chi connectivity index (χ1n) is 10.9. The van der Waals surface area contributed by atoms with Crippen LogP contribution in [0.5, 0.6) is 23.0 Å². The molecule has 0 saturated carbocycles. The second kappa shape index (κ2) is 8.25. The third kappa shape index (κ3) is 3.27. The summed E-state index contributed by atoms with van der Waals surface area (Å²) in [4.78, 5) is 28.6. The standard InChI is InChI=1S/C25H26N2O7/c1-30-16-7-5-15(6-8-16)27-13-25-10-9-17(34-25)20(21(25)24(27)29)23(28)26-14-11-18(31-2)22(33-4)19(12-14)32-3/h5-12,17,20-21H,13H2,1-4H3,(H,26,28)/t17-,20?,21+,25-/m1/s1. The third-order valence-corrected chi connectivity index (χ3v) is 6.72. The minimum atomic E-state index is -0.820. The Morgan fingerprint density at radius 2 is 1.71 bits per heavy atom. The molecule has 9 heteroatoms. The summed E-state index contributed by atoms with van der Waals surface area (Å²) in [5.74, 6) is 0.234. The van der Waals surface area contributed by atoms with Gasteiger partial charge in [-0.05, 0) is 24.3 Å². The molecular formula is C25H26N2O7. The van der Waals surface area contributed by atoms with E-state index in [2.05, 4.69) is 5.32 Å². The van der Waals surface area contributed by atoms with Crippen LogP contribution in [0.25, 0.3) is 0 Å². The number of hydrogen-bond acceptors (Lipinski definition) is 7. The molecule has 0 radical (unpaired) electrons. The molecule has 3 heterocycles. The lowest BCUT2D eigenvalue weighted by Crippen LogP contribution is -2.41. The van der Waals surface area contributed by atoms with E-state index < -0.39 is 23.5 Å². The van der Waals surface area contributed by atoms with Gasteiger partial charge in [-0.2, -0.15) is 0 Å². The molecule has 2 saturated heterocycles. The molecule has 2 bridgehead atoms. The number of benzene rings is 2. The van der Waals surface area contributed by atoms with E-state index in [1.807, 2.05) is 24.3 Å². The molecule has 34 heavy (non-hydrogen) atoms. The number of carbonyl (C=O) groups excluding carboxylic acids is 2. The highest BCUT2D eigenvalue weighted by molar-refractivity contribution is 6.05. The molecule has 1 unspecified atom stereocenters. The van der Waals surface area contributed by atoms with E-state index in [1.54, 1.807) is 36.3 Å². The SMILES string of the molecule is COc1ccc(N2C[C@@]34C=C[C@@H](O3)C(C(=O)Nc3cc(OC)c(OC)c(OC)c3)[C@H]4C2=O)cc1. The van der Waals surface area contributed by atoms with Gasteiger partial charge in [0.2, 0.25) is 17.6 Å². The summed E-state index contributed by atoms with van der Waals surface area (Å²) in [7, 11) is 6.11. The molecule has 4 atom stereocenters. The van der Waals surface area contributed by atoms with Crippen LogP contribution in [0.3, 0.4) is 0 Å². The van der Waals surface area contributed by atoms with Crippen LogP contribution in [0.2, 0.25) is 0 Å². The van der Waals surface area contributed by atoms with Gasteiger partial charge in [0.25, 0.3) is 0 Å². The fraction of sp³-hybridized carbons (Fsp3) is 0.360. The first kappa shape index (κ1) is 22.1. The highest BCUT2D eigenvalue weighted by atomic mass is 16.5. The van der Waals surface area contributed by atoms with Gasteiger partial charge in [0.15, 0.2) is 11.5 Å². The number of fused-ring (bicyclic) bond motifs is 1. The quantitative estimate of drug-likeness (QED) is 0.627. The Balaban J connectivity index is 1.41. The monoisotopic (exact) mass is 466 g/mol. The largest absolute Gasteiger partial charge is 0.497 e. The molecule has 9 nitrogen and oxygen atoms in total. The Hall–Kier alpha value is -3.72. The summed E-state index contributed by atoms with van der Waals surface area (Å²) in [6.07, 6.45) is 3.34. The zero-order valence-corrected chi connectivity index (χ0v) is 19.4. The lowest BCUT2D eigenvalue weighted by atomic mass is 9.77. The Bertz CT molecular complexity index is 1140. The van der Waals surface area contributed by atoms with Gasteiger partial charge >= 0.3 is 0 Å². The summed E-state index contributed by atoms with van der Waals surface area (Å²) in [5.41, 5.74) is 0.385. The number of rotatable bonds is 7. The fourth-order valence-corrected chi connectivity index (χ4v) is 5.16. The van der Waals surface area contributed by atoms with Crippen molar-refractivity contribution in [3.63, 3.8) is 0 Å². The van der Waals surface area contributed by atoms with Crippen LogP contribution >= 0.6 is 0 Å². The molecule has 178 valence electrons. The molecule has 0 aliphatic carbocycles. The lowest BCUT2D eigenvalue weighted by Gasteiger charge is -2.24. The normalized spacial score (nSPS) is 26.4. The average molecular weight is 466 g/mol. The second-order valence-corrected chi connectivity index (χ2v) is 8.43. The van der Waals surface area contributed by atoms with Crippen LogP contribution in [0.1, 0.15) is 0 Å². The first-order chi connectivity index (χ1) is 16.4. The van der Waals surface area contributed by atoms with Crippen molar-refractivity contribution in [2.75, 3.05) is 45.2 Å². The topological polar surface area (TPSA) is 95.6 Å². The molecular weight excluding hydrogens is 440 g/mol. The Labute approximate surface area is 197 Å². The smallest absolute Gasteiger partial charge is 0.234 e. The van der Waals surface area contributed by atoms with Crippen molar-refractivity contribution in [3.8, 4) is 23.0 Å². The van der Waals surface area contributed by atoms with E-state index >= 15 is 0 Å². The van der Waals surface area contributed by atoms with Gasteiger partial charge in [-0.15, -0.1) is 0 Å². The van der Waals surface area contributed by atoms with E-state index in [4.69, 9.17) is 23.7 Å². The van der Waals surface area contributed by atoms with Gasteiger partial charge in [0.05, 0.1) is 52.9 Å². The fourth-order valence-electron chi connectivity index (χ4n) is 5.16. The highest BCUT2D eigenvalue weighted by Gasteiger charge is 2.67. The van der Waals surface area contributed by atoms with Crippen molar-refractivity contribution in [3.05, 3.63) is 48.6 Å². The van der Waals surface area contributed by atoms with Crippen LogP contribution in [0.15, 0.2) is 48.6 Å². The number of ether oxygens (including phenoxy) is 5. The second-order valence-electron chi connectivity index (χ2n) is 8.43. The molecule has 5 rings (SSSR count). The highest BCUT2D eigenvalue weighted by Crippen LogP contribution is 2.53. The van der Waals surface area contributed by atoms with Crippen molar-refractivity contribution in [2.45, 2.75) is 11.7 Å². The summed E-state index contributed by atoms with van der Waals surface area (Å²) in [6.45, 7) is 0.351. The number of carbonyl (C=O) groups is 2. The minimum absolute atomic E-state index is 0.137. The number of nitrogens with zero attached hydrogens (tertiary/aromatic N) is 1. The number of anilines is 2. The van der Waals surface area contributed by atoms with Gasteiger partial charge in [0, 0.05) is 23.5 Å². The summed E-state index contributed by atoms with van der Waals surface area (Å²) < 4.78 is 27.5. The zero-order chi connectivity index (χ0) is 24.0. The van der Waals surface area contributed by atoms with Crippen LogP contribution in [0.4, 0.5) is 11.4 Å². The summed E-state index contributed by atoms with van der Waals surface area (Å²) >= 11 is 0. The van der Waals surface area contributed by atoms with Crippen molar-refractivity contribution < 1.29 is 33.3 Å². The predicted molar refractivity (Wildman–Crippen MR) is 124 cm³/mol. The number of methoxy groups -OCH3 is 4. The van der Waals surface area contributed by atoms with Crippen molar-refractivity contribution in [1.82, 2.24) is 0 Å². The maximum absolute atomic E-state index is 13.5. The Kier molecular flexibility index (Phi) is 5.36. The molecule has 3 aliphatic rings. The van der Waals surface area contributed by atoms with Crippen LogP contribution < -0.4 is 29.2 Å². The molecule has 0 aromatic heterocycles. The molecule has 3 aliphatic heterocycles. The molecule has 1 N–H and O–H groups in total. The van der Waals surface area contributed by atoms with E-state index in [1.165, 1.54) is 21.3 Å². The van der Waals surface area contributed by atoms with Crippen molar-refractivity contribution in [2.24, 2.45) is 11.8 Å². The zero-order valence-electron chi connectivity index (χ0n) is 19.4. The van der Waals surface area contributed by atoms with Gasteiger partial charge < -0.3 is 33.9 Å². The van der Waals surface area contributed by atoms with Crippen molar-refractivity contribution >= 4 is 23.2 Å². The molecule has 2 aromatic rings. The Morgan fingerprint density at radius 1 is 1.03 bits per heavy atom. The van der Waals surface area contributed by atoms with Gasteiger partial charge in [-0.25, -0.2) is 0 Å². The van der Waals surface area contributed by atoms with Gasteiger partial charge in [0.1, 0.15) is 11.4 Å². The third-order valence-electron chi connectivity index (χ3n) is 6.72. The molecule has 2 aromatic carbocycles. The van der Waals surface area contributed by atoms with E-state index in [0.717, 1.165) is 5.69 Å². The lowest BCUT2D eigenvalue weighted by molar-refractivity contribution is -0.128. The first-order valence-corrected chi connectivity index (χ1v) is 10.9. The van der Waals surface area contributed by atoms with E-state index in [-0.39, 0.29) is 11.8 Å². The van der Waals surface area contributed by atoms with Crippen LogP contribution in [-0.2, 0) is 14.3 Å². The predicted octanol–water partition coefficient (Wildman–Crippen LogP) is 2.65. The van der Waals surface area contributed by atoms with E-state index in [0.29, 0.717) is 35.2 Å². The van der Waals surface area contributed by atoms with Gasteiger partial charge in [-0.3, -0.25) is 9.59 Å².